The molecule has 0 saturated heterocycles. The molecule has 8 nitrogen and oxygen atoms in total. The van der Waals surface area contributed by atoms with Crippen LogP contribution >= 0.6 is 11.3 Å². The first-order valence-electron chi connectivity index (χ1n) is 11.9. The van der Waals surface area contributed by atoms with Crippen molar-refractivity contribution in [3.05, 3.63) is 11.6 Å². The van der Waals surface area contributed by atoms with Gasteiger partial charge in [0.25, 0.3) is 10.0 Å². The fraction of sp³-hybridized carbons (Fsp3) is 0.667. The van der Waals surface area contributed by atoms with Gasteiger partial charge in [-0.3, -0.25) is 0 Å². The van der Waals surface area contributed by atoms with Gasteiger partial charge < -0.3 is 10.1 Å². The van der Waals surface area contributed by atoms with E-state index in [1.807, 2.05) is 0 Å². The molecule has 2 rings (SSSR count). The van der Waals surface area contributed by atoms with Gasteiger partial charge in [0.1, 0.15) is 8.42 Å². The maximum absolute atomic E-state index is 13.3. The van der Waals surface area contributed by atoms with Crippen molar-refractivity contribution in [1.82, 2.24) is 9.62 Å². The van der Waals surface area contributed by atoms with E-state index in [2.05, 4.69) is 4.74 Å². The fourth-order valence-electron chi connectivity index (χ4n) is 1.74. The first-order valence-corrected chi connectivity index (χ1v) is 9.74. The van der Waals surface area contributed by atoms with Gasteiger partial charge in [0.2, 0.25) is 10.0 Å². The molecule has 11 heteroatoms. The molecule has 0 unspecified atom stereocenters. The molecule has 0 aromatic carbocycles. The van der Waals surface area contributed by atoms with Gasteiger partial charge in [0.05, 0.1) is 6.85 Å². The number of likely N-dealkylation sites (N-methyl/N-ethyl adjacent to an activating group) is 1. The highest BCUT2D eigenvalue weighted by molar-refractivity contribution is 7.94. The number of nitrogens with zero attached hydrogens (tertiary/aromatic N) is 1. The van der Waals surface area contributed by atoms with E-state index < -0.39 is 92.5 Å². The second-order valence-electron chi connectivity index (χ2n) is 4.24. The number of sulfonamides is 2. The van der Waals surface area contributed by atoms with Crippen molar-refractivity contribution in [2.24, 2.45) is 5.14 Å². The zero-order valence-corrected chi connectivity index (χ0v) is 13.9. The van der Waals surface area contributed by atoms with E-state index in [4.69, 9.17) is 21.6 Å². The van der Waals surface area contributed by atoms with Crippen molar-refractivity contribution in [1.29, 1.82) is 0 Å². The standard InChI is InChI=1S/C12H21N3O5S3/c1-3-14-10-8-15(5-4-6-20-2)23(18,19)12-9(10)7-11(21-12)22(13,16)17/h7,10,14H,3-6,8H2,1-2H3,(H2,13,16,17)/t10-/m0/s1/i1D3,2D3,3D2,7D,8D2,10D. The molecular weight excluding hydrogens is 362 g/mol. The Labute approximate surface area is 157 Å². The van der Waals surface area contributed by atoms with Crippen molar-refractivity contribution in [3.8, 4) is 0 Å². The summed E-state index contributed by atoms with van der Waals surface area (Å²) in [5.74, 6) is 0. The predicted molar refractivity (Wildman–Crippen MR) is 87.4 cm³/mol. The third-order valence-electron chi connectivity index (χ3n) is 2.68. The molecule has 1 aromatic rings. The first kappa shape index (κ1) is 8.21. The lowest BCUT2D eigenvalue weighted by Crippen LogP contribution is -2.43. The van der Waals surface area contributed by atoms with E-state index in [0.717, 1.165) is 0 Å². The Morgan fingerprint density at radius 2 is 2.57 bits per heavy atom. The Morgan fingerprint density at radius 3 is 3.22 bits per heavy atom. The van der Waals surface area contributed by atoms with Gasteiger partial charge in [-0.2, -0.15) is 4.31 Å². The number of primary sulfonamides is 1. The molecule has 23 heavy (non-hydrogen) atoms. The van der Waals surface area contributed by atoms with Gasteiger partial charge in [-0.25, -0.2) is 22.0 Å². The zero-order chi connectivity index (χ0) is 27.6. The quantitative estimate of drug-likeness (QED) is 0.632. The predicted octanol–water partition coefficient (Wildman–Crippen LogP) is 0.0869. The number of rotatable bonds is 7. The Hall–Kier alpha value is -0.560. The molecule has 0 spiro atoms. The summed E-state index contributed by atoms with van der Waals surface area (Å²) in [5.41, 5.74) is -1.14. The second kappa shape index (κ2) is 7.13. The van der Waals surface area contributed by atoms with Crippen molar-refractivity contribution in [3.63, 3.8) is 0 Å². The first-order chi connectivity index (χ1) is 15.3. The average molecular weight is 396 g/mol. The summed E-state index contributed by atoms with van der Waals surface area (Å²) in [6, 6.07) is -4.58. The molecule has 3 N–H and O–H groups in total. The van der Waals surface area contributed by atoms with Crippen LogP contribution in [0.15, 0.2) is 14.5 Å². The van der Waals surface area contributed by atoms with Crippen molar-refractivity contribution < 1.29 is 38.0 Å². The second-order valence-corrected chi connectivity index (χ2v) is 9.07. The van der Waals surface area contributed by atoms with Crippen LogP contribution in [0.4, 0.5) is 0 Å². The molecule has 0 radical (unpaired) electrons. The van der Waals surface area contributed by atoms with Crippen molar-refractivity contribution >= 4 is 31.4 Å². The Morgan fingerprint density at radius 1 is 1.78 bits per heavy atom. The normalized spacial score (nSPS) is 36.0. The number of ether oxygens (including phenoxy) is 1. The molecule has 1 aliphatic rings. The maximum Gasteiger partial charge on any atom is 0.252 e. The molecule has 0 aliphatic carbocycles. The van der Waals surface area contributed by atoms with Crippen LogP contribution in [0.1, 0.15) is 41.3 Å². The van der Waals surface area contributed by atoms with E-state index >= 15 is 0 Å². The van der Waals surface area contributed by atoms with Gasteiger partial charge >= 0.3 is 0 Å². The molecule has 1 aromatic heterocycles. The lowest BCUT2D eigenvalue weighted by Gasteiger charge is -2.32. The van der Waals surface area contributed by atoms with Crippen LogP contribution in [0.5, 0.6) is 0 Å². The van der Waals surface area contributed by atoms with Gasteiger partial charge in [-0.15, -0.1) is 11.3 Å². The SMILES string of the molecule is [2H]c1c(S(N)(=O)=O)sc2c1[C@@]([2H])(NC([2H])([2H])C([2H])([2H])[2H])C([2H])([2H])N(CCCOC([2H])([2H])[2H])S2(=O)=O. The molecule has 1 aliphatic heterocycles. The summed E-state index contributed by atoms with van der Waals surface area (Å²) in [6.07, 6.45) is -0.435. The molecule has 0 fully saturated rings. The Kier molecular flexibility index (Phi) is 2.55. The van der Waals surface area contributed by atoms with Crippen LogP contribution in [0.3, 0.4) is 0 Å². The molecule has 0 amide bonds. The summed E-state index contributed by atoms with van der Waals surface area (Å²) in [7, 11) is -12.6. The summed E-state index contributed by atoms with van der Waals surface area (Å²) >= 11 is -0.0815. The number of nitrogens with two attached hydrogens (primary N) is 1. The highest BCUT2D eigenvalue weighted by Gasteiger charge is 2.39. The molecule has 132 valence electrons. The number of fused-ring (bicyclic) bond motifs is 1. The van der Waals surface area contributed by atoms with E-state index in [1.165, 1.54) is 0 Å². The Balaban J connectivity index is 2.79. The zero-order valence-electron chi connectivity index (χ0n) is 23.4. The number of hydrogen-bond acceptors (Lipinski definition) is 7. The van der Waals surface area contributed by atoms with E-state index in [0.29, 0.717) is 0 Å². The lowest BCUT2D eigenvalue weighted by atomic mass is 10.1. The molecule has 0 bridgehead atoms. The van der Waals surface area contributed by atoms with Crippen LogP contribution in [-0.2, 0) is 24.8 Å². The number of thiophene rings is 1. The van der Waals surface area contributed by atoms with Gasteiger partial charge in [-0.1, -0.05) is 6.85 Å². The van der Waals surface area contributed by atoms with E-state index in [9.17, 15) is 16.8 Å². The minimum absolute atomic E-state index is 0.0314. The van der Waals surface area contributed by atoms with Crippen LogP contribution in [-0.4, -0.2) is 54.3 Å². The highest BCUT2D eigenvalue weighted by Crippen LogP contribution is 2.39. The summed E-state index contributed by atoms with van der Waals surface area (Å²) in [6.45, 7) is -12.0. The van der Waals surface area contributed by atoms with Crippen molar-refractivity contribution in [2.75, 3.05) is 33.2 Å². The molecular formula is C12H21N3O5S3. The molecule has 0 saturated carbocycles. The number of hydrogen-bond donors (Lipinski definition) is 2. The fourth-order valence-corrected chi connectivity index (χ4v) is 5.57. The summed E-state index contributed by atoms with van der Waals surface area (Å²) in [5, 5.41) is 6.66. The Bertz CT molecular complexity index is 1190. The summed E-state index contributed by atoms with van der Waals surface area (Å²) in [4.78, 5) is 0. The smallest absolute Gasteiger partial charge is 0.252 e. The average Bonchev–Trinajstić information content (AvgIpc) is 2.96. The van der Waals surface area contributed by atoms with Crippen molar-refractivity contribution in [2.45, 2.75) is 27.7 Å². The third kappa shape index (κ3) is 3.92. The lowest BCUT2D eigenvalue weighted by molar-refractivity contribution is 0.185. The largest absolute Gasteiger partial charge is 0.385 e. The third-order valence-corrected chi connectivity index (χ3v) is 7.33. The minimum Gasteiger partial charge on any atom is -0.385 e. The maximum atomic E-state index is 13.3. The number of methoxy groups -OCH3 is 1. The van der Waals surface area contributed by atoms with E-state index in [1.54, 1.807) is 5.32 Å². The number of nitrogens with one attached hydrogen (secondary N) is 1. The topological polar surface area (TPSA) is 119 Å². The van der Waals surface area contributed by atoms with Gasteiger partial charge in [-0.05, 0) is 19.0 Å². The monoisotopic (exact) mass is 395 g/mol. The van der Waals surface area contributed by atoms with Crippen LogP contribution < -0.4 is 10.5 Å². The molecule has 1 atom stereocenters. The molecule has 2 heterocycles. The van der Waals surface area contributed by atoms with Crippen LogP contribution in [0.25, 0.3) is 0 Å². The van der Waals surface area contributed by atoms with Gasteiger partial charge in [0.15, 0.2) is 0 Å². The summed E-state index contributed by atoms with van der Waals surface area (Å²) < 4.78 is 145. The highest BCUT2D eigenvalue weighted by atomic mass is 32.3. The minimum atomic E-state index is -5.01. The van der Waals surface area contributed by atoms with Gasteiger partial charge in [0, 0.05) is 47.9 Å². The van der Waals surface area contributed by atoms with E-state index in [-0.39, 0.29) is 15.6 Å². The van der Waals surface area contributed by atoms with Crippen LogP contribution in [0.2, 0.25) is 0 Å². The van der Waals surface area contributed by atoms with Crippen LogP contribution in [0, 0.1) is 0 Å².